The van der Waals surface area contributed by atoms with E-state index >= 15 is 0 Å². The molecule has 1 unspecified atom stereocenters. The average Bonchev–Trinajstić information content (AvgIpc) is 2.84. The van der Waals surface area contributed by atoms with Gasteiger partial charge in [-0.25, -0.2) is 0 Å². The van der Waals surface area contributed by atoms with Crippen LogP contribution in [0.3, 0.4) is 0 Å². The first-order chi connectivity index (χ1) is 10.5. The minimum Gasteiger partial charge on any atom is -0.464 e. The lowest BCUT2D eigenvalue weighted by Crippen LogP contribution is -2.19. The first-order valence-electron chi connectivity index (χ1n) is 6.34. The van der Waals surface area contributed by atoms with E-state index in [9.17, 15) is 14.9 Å². The number of benzene rings is 1. The van der Waals surface area contributed by atoms with Crippen LogP contribution in [0.1, 0.15) is 11.3 Å². The molecule has 0 fully saturated rings. The Balaban J connectivity index is 2.22. The highest BCUT2D eigenvalue weighted by atomic mass is 79.9. The van der Waals surface area contributed by atoms with Gasteiger partial charge in [-0.3, -0.25) is 14.9 Å². The summed E-state index contributed by atoms with van der Waals surface area (Å²) >= 11 is 9.22. The Hall–Kier alpha value is -1.86. The first kappa shape index (κ1) is 16.5. The third-order valence-electron chi connectivity index (χ3n) is 3.09. The number of H-pyrrole nitrogens is 1. The lowest BCUT2D eigenvalue weighted by atomic mass is 10.0. The normalized spacial score (nSPS) is 11.9. The van der Waals surface area contributed by atoms with Crippen LogP contribution in [-0.2, 0) is 22.4 Å². The van der Waals surface area contributed by atoms with Gasteiger partial charge in [-0.15, -0.1) is 0 Å². The summed E-state index contributed by atoms with van der Waals surface area (Å²) in [5, 5.41) is 11.5. The summed E-state index contributed by atoms with van der Waals surface area (Å²) in [6.07, 6.45) is 1.84. The molecule has 0 bridgehead atoms. The minimum absolute atomic E-state index is 0.0448. The average molecular weight is 388 g/mol. The number of carbonyl (C=O) groups is 1. The van der Waals surface area contributed by atoms with Gasteiger partial charge in [-0.05, 0) is 34.1 Å². The van der Waals surface area contributed by atoms with Crippen molar-refractivity contribution in [2.45, 2.75) is 18.9 Å². The van der Waals surface area contributed by atoms with Crippen molar-refractivity contribution in [3.63, 3.8) is 0 Å². The molecule has 1 aromatic carbocycles. The smallest absolute Gasteiger partial charge is 0.293 e. The molecule has 0 aliphatic rings. The van der Waals surface area contributed by atoms with Crippen molar-refractivity contribution in [3.8, 4) is 0 Å². The summed E-state index contributed by atoms with van der Waals surface area (Å²) in [6, 6.07) is 6.18. The van der Waals surface area contributed by atoms with E-state index in [1.54, 1.807) is 6.20 Å². The van der Waals surface area contributed by atoms with Gasteiger partial charge in [0.1, 0.15) is 6.10 Å². The fourth-order valence-corrected chi connectivity index (χ4v) is 2.75. The molecule has 0 spiro atoms. The van der Waals surface area contributed by atoms with Gasteiger partial charge in [0.05, 0.1) is 4.92 Å². The van der Waals surface area contributed by atoms with Crippen molar-refractivity contribution in [1.29, 1.82) is 0 Å². The number of nitro benzene ring substituents is 1. The molecule has 8 heteroatoms. The fourth-order valence-electron chi connectivity index (χ4n) is 2.16. The number of nitrogens with zero attached hydrogens (tertiary/aromatic N) is 1. The second kappa shape index (κ2) is 7.42. The zero-order valence-corrected chi connectivity index (χ0v) is 13.6. The number of aromatic amines is 1. The number of halogens is 2. The highest BCUT2D eigenvalue weighted by Gasteiger charge is 2.20. The Kier molecular flexibility index (Phi) is 5.57. The highest BCUT2D eigenvalue weighted by molar-refractivity contribution is 9.10. The van der Waals surface area contributed by atoms with Crippen molar-refractivity contribution < 1.29 is 14.5 Å². The molecule has 6 nitrogen and oxygen atoms in total. The molecular formula is C14H12BrClN2O4. The van der Waals surface area contributed by atoms with E-state index in [2.05, 4.69) is 20.9 Å². The van der Waals surface area contributed by atoms with Gasteiger partial charge in [-0.2, -0.15) is 0 Å². The van der Waals surface area contributed by atoms with Crippen LogP contribution < -0.4 is 0 Å². The number of hydrogen-bond acceptors (Lipinski definition) is 4. The molecule has 0 saturated heterocycles. The van der Waals surface area contributed by atoms with E-state index in [1.165, 1.54) is 18.2 Å². The van der Waals surface area contributed by atoms with E-state index in [1.807, 2.05) is 6.07 Å². The van der Waals surface area contributed by atoms with Crippen LogP contribution >= 0.6 is 27.5 Å². The Labute approximate surface area is 139 Å². The molecule has 22 heavy (non-hydrogen) atoms. The standard InChI is InChI=1S/C14H12BrClN2O4/c15-10-5-12(17-7-10)6-13(22-8-19)4-9-3-11(16)1-2-14(9)18(20)21/h1-3,5,7-8,13,17H,4,6H2. The molecule has 116 valence electrons. The van der Waals surface area contributed by atoms with Crippen molar-refractivity contribution >= 4 is 39.7 Å². The number of aromatic nitrogens is 1. The van der Waals surface area contributed by atoms with Crippen LogP contribution in [0.25, 0.3) is 0 Å². The van der Waals surface area contributed by atoms with E-state index in [4.69, 9.17) is 16.3 Å². The van der Waals surface area contributed by atoms with Crippen LogP contribution in [0.2, 0.25) is 5.02 Å². The van der Waals surface area contributed by atoms with E-state index in [0.717, 1.165) is 10.2 Å². The maximum Gasteiger partial charge on any atom is 0.293 e. The minimum atomic E-state index is -0.528. The van der Waals surface area contributed by atoms with Gasteiger partial charge >= 0.3 is 0 Å². The number of hydrogen-bond donors (Lipinski definition) is 1. The van der Waals surface area contributed by atoms with Crippen molar-refractivity contribution in [1.82, 2.24) is 4.98 Å². The lowest BCUT2D eigenvalue weighted by molar-refractivity contribution is -0.385. The number of nitro groups is 1. The zero-order valence-electron chi connectivity index (χ0n) is 11.3. The third kappa shape index (κ3) is 4.32. The second-order valence-corrected chi connectivity index (χ2v) is 5.99. The molecule has 2 aromatic rings. The topological polar surface area (TPSA) is 85.2 Å². The van der Waals surface area contributed by atoms with Gasteiger partial charge in [0.25, 0.3) is 12.2 Å². The number of carbonyl (C=O) groups excluding carboxylic acids is 1. The van der Waals surface area contributed by atoms with E-state index < -0.39 is 11.0 Å². The number of nitrogens with one attached hydrogen (secondary N) is 1. The third-order valence-corrected chi connectivity index (χ3v) is 3.78. The van der Waals surface area contributed by atoms with Crippen LogP contribution in [0, 0.1) is 10.1 Å². The molecule has 1 atom stereocenters. The summed E-state index contributed by atoms with van der Waals surface area (Å²) in [4.78, 5) is 24.3. The SMILES string of the molecule is O=COC(Cc1cc(Br)c[nH]1)Cc1cc(Cl)ccc1[N+](=O)[O-]. The summed E-state index contributed by atoms with van der Waals surface area (Å²) in [5.41, 5.74) is 1.23. The quantitative estimate of drug-likeness (QED) is 0.446. The van der Waals surface area contributed by atoms with E-state index in [-0.39, 0.29) is 12.1 Å². The Morgan fingerprint density at radius 2 is 2.18 bits per heavy atom. The summed E-state index contributed by atoms with van der Waals surface area (Å²) < 4.78 is 5.93. The largest absolute Gasteiger partial charge is 0.464 e. The van der Waals surface area contributed by atoms with Crippen LogP contribution in [0.15, 0.2) is 34.9 Å². The summed E-state index contributed by atoms with van der Waals surface area (Å²) in [6.45, 7) is 0.346. The predicted octanol–water partition coefficient (Wildman–Crippen LogP) is 3.67. The summed E-state index contributed by atoms with van der Waals surface area (Å²) in [5.74, 6) is 0. The van der Waals surface area contributed by atoms with Gasteiger partial charge in [0.2, 0.25) is 0 Å². The van der Waals surface area contributed by atoms with Gasteiger partial charge in [0, 0.05) is 45.9 Å². The number of rotatable bonds is 7. The highest BCUT2D eigenvalue weighted by Crippen LogP contribution is 2.25. The van der Waals surface area contributed by atoms with Crippen molar-refractivity contribution in [2.75, 3.05) is 0 Å². The lowest BCUT2D eigenvalue weighted by Gasteiger charge is -2.14. The van der Waals surface area contributed by atoms with E-state index in [0.29, 0.717) is 23.5 Å². The maximum absolute atomic E-state index is 11.1. The molecule has 0 radical (unpaired) electrons. The molecule has 0 amide bonds. The molecule has 1 heterocycles. The molecule has 2 rings (SSSR count). The molecule has 1 N–H and O–H groups in total. The van der Waals surface area contributed by atoms with Crippen LogP contribution in [-0.4, -0.2) is 22.5 Å². The predicted molar refractivity (Wildman–Crippen MR) is 84.9 cm³/mol. The Bertz CT molecular complexity index is 689. The molecular weight excluding hydrogens is 376 g/mol. The van der Waals surface area contributed by atoms with Gasteiger partial charge < -0.3 is 9.72 Å². The second-order valence-electron chi connectivity index (χ2n) is 4.64. The van der Waals surface area contributed by atoms with Crippen molar-refractivity contribution in [3.05, 3.63) is 61.3 Å². The van der Waals surface area contributed by atoms with Crippen molar-refractivity contribution in [2.24, 2.45) is 0 Å². The van der Waals surface area contributed by atoms with Crippen LogP contribution in [0.4, 0.5) is 5.69 Å². The van der Waals surface area contributed by atoms with Crippen LogP contribution in [0.5, 0.6) is 0 Å². The molecule has 1 aromatic heterocycles. The maximum atomic E-state index is 11.1. The zero-order chi connectivity index (χ0) is 16.1. The Morgan fingerprint density at radius 3 is 2.77 bits per heavy atom. The number of ether oxygens (including phenoxy) is 1. The summed E-state index contributed by atoms with van der Waals surface area (Å²) in [7, 11) is 0. The van der Waals surface area contributed by atoms with Gasteiger partial charge in [-0.1, -0.05) is 11.6 Å². The van der Waals surface area contributed by atoms with Gasteiger partial charge in [0.15, 0.2) is 0 Å². The molecule has 0 aliphatic heterocycles. The molecule has 0 saturated carbocycles. The first-order valence-corrected chi connectivity index (χ1v) is 7.51. The fraction of sp³-hybridized carbons (Fsp3) is 0.214. The monoisotopic (exact) mass is 386 g/mol. The molecule has 0 aliphatic carbocycles. The Morgan fingerprint density at radius 1 is 1.41 bits per heavy atom.